The fourth-order valence-corrected chi connectivity index (χ4v) is 5.92. The summed E-state index contributed by atoms with van der Waals surface area (Å²) in [6, 6.07) is 8.38. The highest BCUT2D eigenvalue weighted by Crippen LogP contribution is 2.57. The maximum absolute atomic E-state index is 13.3. The van der Waals surface area contributed by atoms with Crippen LogP contribution in [-0.4, -0.2) is 28.0 Å². The quantitative estimate of drug-likeness (QED) is 0.743. The Balaban J connectivity index is 1.41. The molecule has 2 aliphatic carbocycles. The van der Waals surface area contributed by atoms with Crippen molar-refractivity contribution in [3.63, 3.8) is 0 Å². The fraction of sp³-hybridized carbons (Fsp3) is 0.450. The van der Waals surface area contributed by atoms with Crippen LogP contribution in [0.15, 0.2) is 41.1 Å². The Morgan fingerprint density at radius 2 is 1.96 bits per heavy atom. The molecule has 4 atom stereocenters. The van der Waals surface area contributed by atoms with E-state index in [9.17, 15) is 4.79 Å². The average molecular weight is 448 g/mol. The number of nitrogens with one attached hydrogen (secondary N) is 1. The molecule has 2 aliphatic heterocycles. The molecule has 4 aliphatic rings. The monoisotopic (exact) mass is 446 g/mol. The molecule has 4 heterocycles. The molecule has 0 spiro atoms. The molecule has 2 saturated heterocycles. The van der Waals surface area contributed by atoms with Gasteiger partial charge in [-0.2, -0.15) is 0 Å². The number of amides is 1. The van der Waals surface area contributed by atoms with Crippen molar-refractivity contribution in [2.24, 2.45) is 11.3 Å². The van der Waals surface area contributed by atoms with Crippen molar-refractivity contribution in [2.75, 3.05) is 10.2 Å². The fourth-order valence-electron chi connectivity index (χ4n) is 5.52. The first-order valence-corrected chi connectivity index (χ1v) is 10.5. The van der Waals surface area contributed by atoms with E-state index >= 15 is 0 Å². The van der Waals surface area contributed by atoms with Crippen LogP contribution < -0.4 is 10.2 Å². The normalized spacial score (nSPS) is 31.2. The van der Waals surface area contributed by atoms with Crippen molar-refractivity contribution in [1.29, 1.82) is 0 Å². The molecule has 7 heteroatoms. The van der Waals surface area contributed by atoms with E-state index in [1.165, 1.54) is 0 Å². The molecule has 2 unspecified atom stereocenters. The van der Waals surface area contributed by atoms with Crippen molar-refractivity contribution in [1.82, 2.24) is 9.97 Å². The number of rotatable bonds is 3. The summed E-state index contributed by atoms with van der Waals surface area (Å²) in [6.07, 6.45) is 8.51. The number of hydrogen-bond acceptors (Lipinski definition) is 4. The number of aromatic nitrogens is 2. The summed E-state index contributed by atoms with van der Waals surface area (Å²) >= 11 is 9.66. The minimum absolute atomic E-state index is 0.0749. The number of nitrogens with zero attached hydrogens (tertiary/aromatic N) is 3. The Morgan fingerprint density at radius 1 is 1.19 bits per heavy atom. The predicted molar refractivity (Wildman–Crippen MR) is 109 cm³/mol. The maximum Gasteiger partial charge on any atom is 0.231 e. The zero-order valence-electron chi connectivity index (χ0n) is 14.7. The molecule has 4 fully saturated rings. The van der Waals surface area contributed by atoms with Crippen LogP contribution in [0.2, 0.25) is 5.02 Å². The summed E-state index contributed by atoms with van der Waals surface area (Å²) in [7, 11) is 0. The van der Waals surface area contributed by atoms with E-state index in [1.807, 2.05) is 12.3 Å². The van der Waals surface area contributed by atoms with Crippen LogP contribution in [0.5, 0.6) is 0 Å². The number of carbonyl (C=O) groups is 1. The zero-order chi connectivity index (χ0) is 18.6. The first-order chi connectivity index (χ1) is 13.0. The largest absolute Gasteiger partial charge is 0.351 e. The molecule has 0 radical (unpaired) electrons. The number of piperidine rings is 2. The Hall–Kier alpha value is -1.66. The van der Waals surface area contributed by atoms with Gasteiger partial charge in [0.25, 0.3) is 0 Å². The van der Waals surface area contributed by atoms with E-state index < -0.39 is 0 Å². The summed E-state index contributed by atoms with van der Waals surface area (Å²) in [5.41, 5.74) is -0.316. The third-order valence-corrected chi connectivity index (χ3v) is 7.15. The van der Waals surface area contributed by atoms with Gasteiger partial charge in [-0.15, -0.1) is 0 Å². The van der Waals surface area contributed by atoms with Crippen molar-refractivity contribution < 1.29 is 4.79 Å². The summed E-state index contributed by atoms with van der Waals surface area (Å²) in [4.78, 5) is 24.6. The Labute approximate surface area is 171 Å². The second kappa shape index (κ2) is 6.45. The van der Waals surface area contributed by atoms with Gasteiger partial charge in [-0.25, -0.2) is 9.97 Å². The molecule has 0 aromatic carbocycles. The van der Waals surface area contributed by atoms with Gasteiger partial charge >= 0.3 is 0 Å². The lowest BCUT2D eigenvalue weighted by atomic mass is 9.55. The van der Waals surface area contributed by atoms with Gasteiger partial charge in [0.2, 0.25) is 5.91 Å². The third kappa shape index (κ3) is 2.93. The zero-order valence-corrected chi connectivity index (χ0v) is 17.1. The smallest absolute Gasteiger partial charge is 0.231 e. The molecule has 140 valence electrons. The highest BCUT2D eigenvalue weighted by atomic mass is 79.9. The molecular formula is C20H20BrClN4O. The van der Waals surface area contributed by atoms with Gasteiger partial charge in [0, 0.05) is 29.0 Å². The standard InChI is InChI=1S/C20H20BrClN4O/c21-13-3-4-17(24-11-13)26-14-6-12-7-15(26)10-20(8-12,9-14)19(27)25-18-16(22)2-1-5-23-18/h1-5,11-12,14-15H,6-10H2,(H,23,25,27)/t12?,14-,15+,20?. The summed E-state index contributed by atoms with van der Waals surface area (Å²) in [5.74, 6) is 2.17. The lowest BCUT2D eigenvalue weighted by molar-refractivity contribution is -0.134. The van der Waals surface area contributed by atoms with E-state index in [-0.39, 0.29) is 11.3 Å². The van der Waals surface area contributed by atoms with Crippen LogP contribution in [-0.2, 0) is 4.79 Å². The van der Waals surface area contributed by atoms with Crippen LogP contribution >= 0.6 is 27.5 Å². The van der Waals surface area contributed by atoms with Crippen molar-refractivity contribution >= 4 is 45.1 Å². The number of carbonyl (C=O) groups excluding carboxylic acids is 1. The molecule has 2 aromatic heterocycles. The van der Waals surface area contributed by atoms with E-state index in [0.717, 1.165) is 42.4 Å². The predicted octanol–water partition coefficient (Wildman–Crippen LogP) is 4.67. The maximum atomic E-state index is 13.3. The second-order valence-corrected chi connectivity index (χ2v) is 9.39. The van der Waals surface area contributed by atoms with E-state index in [1.54, 1.807) is 18.3 Å². The highest BCUT2D eigenvalue weighted by Gasteiger charge is 2.58. The van der Waals surface area contributed by atoms with Crippen LogP contribution in [0, 0.1) is 11.3 Å². The molecular weight excluding hydrogens is 428 g/mol. The first-order valence-electron chi connectivity index (χ1n) is 9.36. The van der Waals surface area contributed by atoms with Crippen molar-refractivity contribution in [3.8, 4) is 0 Å². The van der Waals surface area contributed by atoms with Crippen LogP contribution in [0.25, 0.3) is 0 Å². The van der Waals surface area contributed by atoms with Crippen LogP contribution in [0.4, 0.5) is 11.6 Å². The molecule has 6 rings (SSSR count). The molecule has 1 amide bonds. The molecule has 27 heavy (non-hydrogen) atoms. The van der Waals surface area contributed by atoms with Gasteiger partial charge in [0.15, 0.2) is 5.82 Å². The average Bonchev–Trinajstić information content (AvgIpc) is 2.64. The van der Waals surface area contributed by atoms with Gasteiger partial charge in [-0.3, -0.25) is 4.79 Å². The molecule has 1 N–H and O–H groups in total. The molecule has 2 aromatic rings. The summed E-state index contributed by atoms with van der Waals surface area (Å²) < 4.78 is 0.986. The van der Waals surface area contributed by atoms with E-state index in [0.29, 0.717) is 28.8 Å². The summed E-state index contributed by atoms with van der Waals surface area (Å²) in [6.45, 7) is 0. The summed E-state index contributed by atoms with van der Waals surface area (Å²) in [5, 5.41) is 3.49. The number of anilines is 2. The number of hydrogen-bond donors (Lipinski definition) is 1. The number of pyridine rings is 2. The Morgan fingerprint density at radius 3 is 2.63 bits per heavy atom. The molecule has 2 saturated carbocycles. The molecule has 4 bridgehead atoms. The topological polar surface area (TPSA) is 58.1 Å². The van der Waals surface area contributed by atoms with Gasteiger partial charge in [0.05, 0.1) is 10.4 Å². The van der Waals surface area contributed by atoms with Gasteiger partial charge in [-0.05, 0) is 78.2 Å². The molecule has 5 nitrogen and oxygen atoms in total. The number of halogens is 2. The SMILES string of the molecule is O=C(Nc1ncccc1Cl)C12CC3C[C@H](C1)N(c1ccc(Br)cn1)[C@@H](C3)C2. The Kier molecular flexibility index (Phi) is 4.17. The van der Waals surface area contributed by atoms with E-state index in [2.05, 4.69) is 42.2 Å². The highest BCUT2D eigenvalue weighted by molar-refractivity contribution is 9.10. The van der Waals surface area contributed by atoms with Crippen molar-refractivity contribution in [2.45, 2.75) is 44.2 Å². The first kappa shape index (κ1) is 17.4. The van der Waals surface area contributed by atoms with Gasteiger partial charge in [0.1, 0.15) is 5.82 Å². The Bertz CT molecular complexity index is 874. The second-order valence-electron chi connectivity index (χ2n) is 8.07. The minimum atomic E-state index is -0.316. The van der Waals surface area contributed by atoms with Crippen LogP contribution in [0.3, 0.4) is 0 Å². The lowest BCUT2D eigenvalue weighted by Crippen LogP contribution is -2.64. The van der Waals surface area contributed by atoms with E-state index in [4.69, 9.17) is 11.6 Å². The van der Waals surface area contributed by atoms with Gasteiger partial charge < -0.3 is 10.2 Å². The van der Waals surface area contributed by atoms with Crippen LogP contribution in [0.1, 0.15) is 32.1 Å². The third-order valence-electron chi connectivity index (χ3n) is 6.38. The minimum Gasteiger partial charge on any atom is -0.351 e. The lowest BCUT2D eigenvalue weighted by Gasteiger charge is -2.61. The van der Waals surface area contributed by atoms with Crippen molar-refractivity contribution in [3.05, 3.63) is 46.2 Å². The van der Waals surface area contributed by atoms with Gasteiger partial charge in [-0.1, -0.05) is 11.6 Å².